The van der Waals surface area contributed by atoms with E-state index in [0.29, 0.717) is 12.4 Å². The van der Waals surface area contributed by atoms with Crippen molar-refractivity contribution in [2.24, 2.45) is 0 Å². The van der Waals surface area contributed by atoms with Crippen LogP contribution in [-0.4, -0.2) is 54.1 Å². The topological polar surface area (TPSA) is 71.4 Å². The third kappa shape index (κ3) is 5.14. The van der Waals surface area contributed by atoms with Crippen molar-refractivity contribution in [3.63, 3.8) is 0 Å². The summed E-state index contributed by atoms with van der Waals surface area (Å²) in [7, 11) is 0. The molecule has 2 aliphatic rings. The van der Waals surface area contributed by atoms with E-state index in [1.807, 2.05) is 43.3 Å². The zero-order valence-corrected chi connectivity index (χ0v) is 20.1. The minimum atomic E-state index is -0.363. The van der Waals surface area contributed by atoms with E-state index in [4.69, 9.17) is 14.2 Å². The molecule has 0 saturated carbocycles. The number of hydrogen-bond acceptors (Lipinski definition) is 6. The average molecular weight is 474 g/mol. The van der Waals surface area contributed by atoms with Crippen molar-refractivity contribution in [1.82, 2.24) is 4.90 Å². The van der Waals surface area contributed by atoms with Crippen LogP contribution in [0.2, 0.25) is 0 Å². The van der Waals surface area contributed by atoms with Crippen molar-refractivity contribution in [1.29, 1.82) is 0 Å². The summed E-state index contributed by atoms with van der Waals surface area (Å²) in [5, 5.41) is 20.2. The number of morpholine rings is 1. The van der Waals surface area contributed by atoms with E-state index in [0.717, 1.165) is 59.8 Å². The lowest BCUT2D eigenvalue weighted by Crippen LogP contribution is -2.42. The summed E-state index contributed by atoms with van der Waals surface area (Å²) in [6.07, 6.45) is -0.0948. The number of nitrogens with zero attached hydrogens (tertiary/aromatic N) is 1. The molecule has 3 aromatic rings. The molecular weight excluding hydrogens is 442 g/mol. The highest BCUT2D eigenvalue weighted by Crippen LogP contribution is 2.47. The predicted molar refractivity (Wildman–Crippen MR) is 136 cm³/mol. The number of phenolic OH excluding ortho intramolecular Hbond substituents is 2. The molecule has 0 bridgehead atoms. The lowest BCUT2D eigenvalue weighted by atomic mass is 9.86. The smallest absolute Gasteiger partial charge is 0.150 e. The maximum Gasteiger partial charge on any atom is 0.150 e. The van der Waals surface area contributed by atoms with Gasteiger partial charge in [-0.3, -0.25) is 4.90 Å². The quantitative estimate of drug-likeness (QED) is 0.509. The molecule has 0 aliphatic carbocycles. The molecule has 2 heterocycles. The first kappa shape index (κ1) is 23.3. The summed E-state index contributed by atoms with van der Waals surface area (Å²) < 4.78 is 18.1. The van der Waals surface area contributed by atoms with Gasteiger partial charge in [-0.2, -0.15) is 0 Å². The summed E-state index contributed by atoms with van der Waals surface area (Å²) in [6, 6.07) is 20.3. The Balaban J connectivity index is 1.38. The normalized spacial score (nSPS) is 20.3. The summed E-state index contributed by atoms with van der Waals surface area (Å²) in [4.78, 5) is 2.36. The lowest BCUT2D eigenvalue weighted by Gasteiger charge is -2.31. The van der Waals surface area contributed by atoms with Crippen molar-refractivity contribution >= 4 is 11.1 Å². The zero-order valence-electron chi connectivity index (χ0n) is 20.1. The van der Waals surface area contributed by atoms with Crippen LogP contribution >= 0.6 is 0 Å². The molecule has 2 atom stereocenters. The van der Waals surface area contributed by atoms with Crippen molar-refractivity contribution in [2.45, 2.75) is 26.1 Å². The van der Waals surface area contributed by atoms with Crippen LogP contribution in [0.4, 0.5) is 0 Å². The second-order valence-electron chi connectivity index (χ2n) is 9.17. The van der Waals surface area contributed by atoms with E-state index in [1.165, 1.54) is 0 Å². The van der Waals surface area contributed by atoms with Gasteiger partial charge in [0, 0.05) is 30.8 Å². The third-order valence-corrected chi connectivity index (χ3v) is 6.62. The standard InChI is InChI=1S/C29H31NO5/c1-19-18-30(12-14-33-19)13-15-34-25-9-6-21(7-10-25)29-28(22-4-3-5-23(31)16-22)20(2)26-17-24(32)8-11-27(26)35-29/h3-11,16-17,19,29,31-32H,12-15,18H2,1-2H3/t19-,29?/m0/s1. The van der Waals surface area contributed by atoms with Gasteiger partial charge in [0.15, 0.2) is 0 Å². The van der Waals surface area contributed by atoms with Crippen molar-refractivity contribution in [2.75, 3.05) is 32.8 Å². The van der Waals surface area contributed by atoms with Gasteiger partial charge in [-0.15, -0.1) is 0 Å². The van der Waals surface area contributed by atoms with Gasteiger partial charge in [-0.25, -0.2) is 0 Å². The van der Waals surface area contributed by atoms with Crippen LogP contribution in [-0.2, 0) is 4.74 Å². The minimum absolute atomic E-state index is 0.188. The van der Waals surface area contributed by atoms with Gasteiger partial charge in [0.05, 0.1) is 12.7 Å². The van der Waals surface area contributed by atoms with E-state index in [9.17, 15) is 10.2 Å². The molecule has 3 aromatic carbocycles. The first-order valence-electron chi connectivity index (χ1n) is 12.0. The SMILES string of the molecule is CC1=C(c2cccc(O)c2)C(c2ccc(OCCN3CCO[C@@H](C)C3)cc2)Oc2ccc(O)cc21. The van der Waals surface area contributed by atoms with Crippen molar-refractivity contribution in [3.05, 3.63) is 83.4 Å². The average Bonchev–Trinajstić information content (AvgIpc) is 2.85. The van der Waals surface area contributed by atoms with Crippen LogP contribution in [0.25, 0.3) is 11.1 Å². The minimum Gasteiger partial charge on any atom is -0.508 e. The predicted octanol–water partition coefficient (Wildman–Crippen LogP) is 5.26. The van der Waals surface area contributed by atoms with E-state index < -0.39 is 0 Å². The van der Waals surface area contributed by atoms with E-state index in [2.05, 4.69) is 11.8 Å². The number of hydrogen-bond donors (Lipinski definition) is 2. The highest BCUT2D eigenvalue weighted by molar-refractivity contribution is 5.95. The number of phenols is 2. The van der Waals surface area contributed by atoms with Crippen molar-refractivity contribution < 1.29 is 24.4 Å². The molecule has 35 heavy (non-hydrogen) atoms. The van der Waals surface area contributed by atoms with Gasteiger partial charge in [0.25, 0.3) is 0 Å². The number of aromatic hydroxyl groups is 2. The van der Waals surface area contributed by atoms with Crippen LogP contribution < -0.4 is 9.47 Å². The van der Waals surface area contributed by atoms with Crippen LogP contribution in [0.3, 0.4) is 0 Å². The maximum atomic E-state index is 10.1. The van der Waals surface area contributed by atoms with E-state index in [1.54, 1.807) is 30.3 Å². The molecule has 2 aliphatic heterocycles. The fourth-order valence-corrected chi connectivity index (χ4v) is 4.84. The maximum absolute atomic E-state index is 10.1. The highest BCUT2D eigenvalue weighted by atomic mass is 16.5. The molecule has 0 spiro atoms. The first-order valence-corrected chi connectivity index (χ1v) is 12.0. The molecule has 182 valence electrons. The molecule has 2 N–H and O–H groups in total. The Hall–Kier alpha value is -3.48. The Kier molecular flexibility index (Phi) is 6.66. The van der Waals surface area contributed by atoms with E-state index >= 15 is 0 Å². The molecular formula is C29H31NO5. The molecule has 1 fully saturated rings. The molecule has 5 rings (SSSR count). The van der Waals surface area contributed by atoms with Gasteiger partial charge in [0.1, 0.15) is 35.7 Å². The van der Waals surface area contributed by atoms with Crippen LogP contribution in [0.15, 0.2) is 66.7 Å². The first-order chi connectivity index (χ1) is 17.0. The highest BCUT2D eigenvalue weighted by Gasteiger charge is 2.29. The number of ether oxygens (including phenoxy) is 3. The van der Waals surface area contributed by atoms with Gasteiger partial charge in [0.2, 0.25) is 0 Å². The summed E-state index contributed by atoms with van der Waals surface area (Å²) in [5.74, 6) is 1.92. The summed E-state index contributed by atoms with van der Waals surface area (Å²) in [5.41, 5.74) is 4.65. The summed E-state index contributed by atoms with van der Waals surface area (Å²) >= 11 is 0. The molecule has 6 heteroatoms. The Labute approximate surface area is 206 Å². The number of benzene rings is 3. The van der Waals surface area contributed by atoms with Gasteiger partial charge < -0.3 is 24.4 Å². The third-order valence-electron chi connectivity index (χ3n) is 6.62. The Morgan fingerprint density at radius 3 is 2.57 bits per heavy atom. The zero-order chi connectivity index (χ0) is 24.4. The van der Waals surface area contributed by atoms with Gasteiger partial charge in [-0.1, -0.05) is 24.3 Å². The number of rotatable bonds is 6. The Morgan fingerprint density at radius 2 is 1.80 bits per heavy atom. The van der Waals surface area contributed by atoms with Crippen LogP contribution in [0.5, 0.6) is 23.0 Å². The van der Waals surface area contributed by atoms with Gasteiger partial charge in [-0.05, 0) is 73.0 Å². The number of allylic oxidation sites excluding steroid dienone is 1. The van der Waals surface area contributed by atoms with E-state index in [-0.39, 0.29) is 23.7 Å². The number of fused-ring (bicyclic) bond motifs is 1. The van der Waals surface area contributed by atoms with Crippen LogP contribution in [0.1, 0.15) is 36.6 Å². The fourth-order valence-electron chi connectivity index (χ4n) is 4.84. The molecule has 0 radical (unpaired) electrons. The van der Waals surface area contributed by atoms with Gasteiger partial charge >= 0.3 is 0 Å². The van der Waals surface area contributed by atoms with Crippen LogP contribution in [0, 0.1) is 0 Å². The fraction of sp³-hybridized carbons (Fsp3) is 0.310. The second kappa shape index (κ2) is 10.0. The molecule has 6 nitrogen and oxygen atoms in total. The lowest BCUT2D eigenvalue weighted by molar-refractivity contribution is -0.0214. The molecule has 0 amide bonds. The molecule has 1 unspecified atom stereocenters. The monoisotopic (exact) mass is 473 g/mol. The van der Waals surface area contributed by atoms with Crippen molar-refractivity contribution in [3.8, 4) is 23.0 Å². The second-order valence-corrected chi connectivity index (χ2v) is 9.17. The Bertz CT molecular complexity index is 1220. The molecule has 0 aromatic heterocycles. The summed E-state index contributed by atoms with van der Waals surface area (Å²) in [6.45, 7) is 8.26. The molecule has 1 saturated heterocycles. The Morgan fingerprint density at radius 1 is 1.00 bits per heavy atom. The largest absolute Gasteiger partial charge is 0.508 e.